The number of furan rings is 1. The molecule has 0 saturated carbocycles. The Bertz CT molecular complexity index is 1010. The molecule has 9 nitrogen and oxygen atoms in total. The number of fused-ring (bicyclic) bond motifs is 1. The summed E-state index contributed by atoms with van der Waals surface area (Å²) in [5.74, 6) is 0.868. The first-order chi connectivity index (χ1) is 12.5. The summed E-state index contributed by atoms with van der Waals surface area (Å²) in [6, 6.07) is 5.16. The van der Waals surface area contributed by atoms with Crippen LogP contribution in [0.3, 0.4) is 0 Å². The Labute approximate surface area is 152 Å². The van der Waals surface area contributed by atoms with Crippen LogP contribution in [0.25, 0.3) is 11.0 Å². The SMILES string of the molecule is CN(C(=O)O)c1coc2cnc(CCSc3nc(N)cc(C#N)n3)cc12. The monoisotopic (exact) mass is 370 g/mol. The fraction of sp³-hybridized carbons (Fsp3) is 0.188. The lowest BCUT2D eigenvalue weighted by Crippen LogP contribution is -2.23. The molecule has 0 aliphatic rings. The van der Waals surface area contributed by atoms with Crippen LogP contribution in [0.15, 0.2) is 34.2 Å². The van der Waals surface area contributed by atoms with Gasteiger partial charge in [0.2, 0.25) is 0 Å². The number of hydrogen-bond acceptors (Lipinski definition) is 8. The molecule has 0 aliphatic heterocycles. The predicted octanol–water partition coefficient (Wildman–Crippen LogP) is 2.52. The van der Waals surface area contributed by atoms with Crippen LogP contribution in [0.5, 0.6) is 0 Å². The van der Waals surface area contributed by atoms with E-state index in [0.717, 1.165) is 10.6 Å². The number of thioether (sulfide) groups is 1. The molecule has 0 fully saturated rings. The topological polar surface area (TPSA) is 142 Å². The van der Waals surface area contributed by atoms with Crippen molar-refractivity contribution in [3.63, 3.8) is 0 Å². The molecule has 0 spiro atoms. The highest BCUT2D eigenvalue weighted by molar-refractivity contribution is 7.99. The van der Waals surface area contributed by atoms with Gasteiger partial charge < -0.3 is 15.3 Å². The molecule has 3 aromatic rings. The summed E-state index contributed by atoms with van der Waals surface area (Å²) in [5, 5.41) is 19.1. The van der Waals surface area contributed by atoms with Crippen LogP contribution >= 0.6 is 11.8 Å². The number of carboxylic acid groups (broad SMARTS) is 1. The molecule has 0 aliphatic carbocycles. The highest BCUT2D eigenvalue weighted by Crippen LogP contribution is 2.29. The fourth-order valence-electron chi connectivity index (χ4n) is 2.27. The number of nitrogens with zero attached hydrogens (tertiary/aromatic N) is 5. The summed E-state index contributed by atoms with van der Waals surface area (Å²) in [7, 11) is 1.45. The smallest absolute Gasteiger partial charge is 0.411 e. The summed E-state index contributed by atoms with van der Waals surface area (Å²) in [4.78, 5) is 24.7. The van der Waals surface area contributed by atoms with Gasteiger partial charge in [-0.1, -0.05) is 11.8 Å². The van der Waals surface area contributed by atoms with Crippen molar-refractivity contribution in [2.24, 2.45) is 0 Å². The lowest BCUT2D eigenvalue weighted by Gasteiger charge is -2.10. The summed E-state index contributed by atoms with van der Waals surface area (Å²) in [5.41, 5.74) is 7.62. The van der Waals surface area contributed by atoms with Gasteiger partial charge in [-0.15, -0.1) is 0 Å². The Kier molecular flexibility index (Phi) is 4.90. The lowest BCUT2D eigenvalue weighted by molar-refractivity contribution is 0.203. The van der Waals surface area contributed by atoms with Gasteiger partial charge in [-0.05, 0) is 12.5 Å². The maximum atomic E-state index is 11.2. The van der Waals surface area contributed by atoms with Gasteiger partial charge in [0.25, 0.3) is 0 Å². The van der Waals surface area contributed by atoms with E-state index in [1.54, 1.807) is 12.3 Å². The molecule has 1 amide bonds. The van der Waals surface area contributed by atoms with Crippen molar-refractivity contribution in [2.75, 3.05) is 23.4 Å². The van der Waals surface area contributed by atoms with Crippen LogP contribution < -0.4 is 10.6 Å². The quantitative estimate of drug-likeness (QED) is 0.511. The normalized spacial score (nSPS) is 10.6. The van der Waals surface area contributed by atoms with Crippen molar-refractivity contribution in [3.05, 3.63) is 36.0 Å². The second-order valence-electron chi connectivity index (χ2n) is 5.31. The Balaban J connectivity index is 1.73. The molecule has 0 atom stereocenters. The van der Waals surface area contributed by atoms with Crippen molar-refractivity contribution in [1.82, 2.24) is 15.0 Å². The Morgan fingerprint density at radius 3 is 3.00 bits per heavy atom. The molecule has 0 saturated heterocycles. The molecule has 0 radical (unpaired) electrons. The molecule has 3 rings (SSSR count). The molecule has 10 heteroatoms. The minimum Gasteiger partial charge on any atom is -0.465 e. The van der Waals surface area contributed by atoms with Gasteiger partial charge >= 0.3 is 6.09 Å². The average molecular weight is 370 g/mol. The van der Waals surface area contributed by atoms with Gasteiger partial charge in [-0.25, -0.2) is 14.8 Å². The van der Waals surface area contributed by atoms with E-state index in [9.17, 15) is 4.79 Å². The first kappa shape index (κ1) is 17.5. The number of pyridine rings is 1. The Hall–Kier alpha value is -3.32. The zero-order valence-electron chi connectivity index (χ0n) is 13.7. The van der Waals surface area contributed by atoms with E-state index >= 15 is 0 Å². The van der Waals surface area contributed by atoms with Crippen LogP contribution in [0, 0.1) is 11.3 Å². The molecule has 3 N–H and O–H groups in total. The number of amides is 1. The van der Waals surface area contributed by atoms with Crippen LogP contribution in [0.4, 0.5) is 16.3 Å². The maximum absolute atomic E-state index is 11.2. The van der Waals surface area contributed by atoms with Gasteiger partial charge in [0.1, 0.15) is 23.8 Å². The van der Waals surface area contributed by atoms with Crippen molar-refractivity contribution >= 4 is 40.3 Å². The van der Waals surface area contributed by atoms with Crippen molar-refractivity contribution in [3.8, 4) is 6.07 Å². The maximum Gasteiger partial charge on any atom is 0.411 e. The minimum atomic E-state index is -1.08. The molecule has 26 heavy (non-hydrogen) atoms. The predicted molar refractivity (Wildman–Crippen MR) is 96.0 cm³/mol. The number of nitriles is 1. The van der Waals surface area contributed by atoms with Crippen LogP contribution in [-0.4, -0.2) is 39.0 Å². The molecule has 132 valence electrons. The minimum absolute atomic E-state index is 0.222. The molecule has 0 aromatic carbocycles. The van der Waals surface area contributed by atoms with E-state index in [-0.39, 0.29) is 11.5 Å². The first-order valence-electron chi connectivity index (χ1n) is 7.48. The summed E-state index contributed by atoms with van der Waals surface area (Å²) in [6.07, 6.45) is 2.48. The molecule has 0 bridgehead atoms. The van der Waals surface area contributed by atoms with Gasteiger partial charge in [-0.2, -0.15) is 5.26 Å². The highest BCUT2D eigenvalue weighted by Gasteiger charge is 2.16. The number of rotatable bonds is 5. The van der Waals surface area contributed by atoms with E-state index in [2.05, 4.69) is 15.0 Å². The molecular formula is C16H14N6O3S. The number of carbonyl (C=O) groups is 1. The number of aryl methyl sites for hydroxylation is 1. The van der Waals surface area contributed by atoms with Gasteiger partial charge in [-0.3, -0.25) is 9.88 Å². The van der Waals surface area contributed by atoms with E-state index in [1.165, 1.54) is 31.1 Å². The summed E-state index contributed by atoms with van der Waals surface area (Å²) >= 11 is 1.36. The average Bonchev–Trinajstić information content (AvgIpc) is 3.03. The third kappa shape index (κ3) is 3.68. The second kappa shape index (κ2) is 7.28. The zero-order chi connectivity index (χ0) is 18.7. The van der Waals surface area contributed by atoms with E-state index < -0.39 is 6.09 Å². The van der Waals surface area contributed by atoms with Crippen molar-refractivity contribution < 1.29 is 14.3 Å². The first-order valence-corrected chi connectivity index (χ1v) is 8.46. The van der Waals surface area contributed by atoms with Crippen LogP contribution in [-0.2, 0) is 6.42 Å². The van der Waals surface area contributed by atoms with E-state index in [1.807, 2.05) is 6.07 Å². The molecule has 3 aromatic heterocycles. The van der Waals surface area contributed by atoms with Crippen molar-refractivity contribution in [1.29, 1.82) is 5.26 Å². The molecular weight excluding hydrogens is 356 g/mol. The number of aromatic nitrogens is 3. The molecule has 3 heterocycles. The standard InChI is InChI=1S/C16H14N6O3S/c1-22(16(23)24)12-8-25-13-7-19-9(4-11(12)13)2-3-26-15-20-10(6-17)5-14(18)21-15/h4-5,7-8H,2-3H2,1H3,(H,23,24)(H2,18,20,21). The fourth-order valence-corrected chi connectivity index (χ4v) is 3.10. The third-order valence-corrected chi connectivity index (χ3v) is 4.42. The van der Waals surface area contributed by atoms with Crippen molar-refractivity contribution in [2.45, 2.75) is 11.6 Å². The van der Waals surface area contributed by atoms with Gasteiger partial charge in [0.15, 0.2) is 10.7 Å². The summed E-state index contributed by atoms with van der Waals surface area (Å²) in [6.45, 7) is 0. The van der Waals surface area contributed by atoms with E-state index in [0.29, 0.717) is 34.0 Å². The largest absolute Gasteiger partial charge is 0.465 e. The van der Waals surface area contributed by atoms with E-state index in [4.69, 9.17) is 20.5 Å². The van der Waals surface area contributed by atoms with Gasteiger partial charge in [0.05, 0.1) is 11.9 Å². The Morgan fingerprint density at radius 1 is 1.46 bits per heavy atom. The number of nitrogen functional groups attached to an aromatic ring is 1. The Morgan fingerprint density at radius 2 is 2.27 bits per heavy atom. The number of anilines is 2. The lowest BCUT2D eigenvalue weighted by atomic mass is 10.2. The number of hydrogen-bond donors (Lipinski definition) is 2. The highest BCUT2D eigenvalue weighted by atomic mass is 32.2. The summed E-state index contributed by atoms with van der Waals surface area (Å²) < 4.78 is 5.35. The third-order valence-electron chi connectivity index (χ3n) is 3.58. The van der Waals surface area contributed by atoms with Crippen LogP contribution in [0.2, 0.25) is 0 Å². The van der Waals surface area contributed by atoms with Crippen LogP contribution in [0.1, 0.15) is 11.4 Å². The van der Waals surface area contributed by atoms with Gasteiger partial charge in [0, 0.05) is 29.9 Å². The number of nitrogens with two attached hydrogens (primary N) is 1. The zero-order valence-corrected chi connectivity index (χ0v) is 14.5. The molecule has 0 unspecified atom stereocenters. The second-order valence-corrected chi connectivity index (χ2v) is 6.37.